The van der Waals surface area contributed by atoms with E-state index in [0.29, 0.717) is 18.2 Å². The van der Waals surface area contributed by atoms with Crippen molar-refractivity contribution in [3.05, 3.63) is 52.8 Å². The minimum Gasteiger partial charge on any atom is -0.342 e. The second-order valence-corrected chi connectivity index (χ2v) is 8.32. The Hall–Kier alpha value is -3.07. The molecule has 2 amide bonds. The number of nitrogens with one attached hydrogen (secondary N) is 1. The Bertz CT molecular complexity index is 1030. The van der Waals surface area contributed by atoms with Crippen molar-refractivity contribution in [2.75, 3.05) is 18.4 Å². The zero-order valence-electron chi connectivity index (χ0n) is 17.0. The monoisotopic (exact) mass is 424 g/mol. The van der Waals surface area contributed by atoms with Gasteiger partial charge in [-0.05, 0) is 38.8 Å². The minimum atomic E-state index is -0.235. The molecule has 0 bridgehead atoms. The summed E-state index contributed by atoms with van der Waals surface area (Å²) in [6.45, 7) is 5.02. The summed E-state index contributed by atoms with van der Waals surface area (Å²) in [5.41, 5.74) is 5.32. The Balaban J connectivity index is 1.44. The largest absolute Gasteiger partial charge is 0.342 e. The molecular formula is C21H24N6O2S. The smallest absolute Gasteiger partial charge is 0.231 e. The molecule has 156 valence electrons. The third kappa shape index (κ3) is 4.25. The first-order chi connectivity index (χ1) is 14.5. The number of aryl methyl sites for hydroxylation is 1. The van der Waals surface area contributed by atoms with Crippen molar-refractivity contribution in [1.29, 1.82) is 0 Å². The molecule has 8 nitrogen and oxygen atoms in total. The number of benzene rings is 1. The van der Waals surface area contributed by atoms with Crippen molar-refractivity contribution in [3.63, 3.8) is 0 Å². The summed E-state index contributed by atoms with van der Waals surface area (Å²) in [6, 6.07) is 9.90. The molecule has 1 aliphatic rings. The van der Waals surface area contributed by atoms with E-state index in [-0.39, 0.29) is 24.2 Å². The lowest BCUT2D eigenvalue weighted by Crippen LogP contribution is -2.44. The number of anilines is 1. The molecule has 3 heterocycles. The molecule has 0 aliphatic carbocycles. The molecule has 4 rings (SSSR count). The van der Waals surface area contributed by atoms with E-state index in [0.717, 1.165) is 35.5 Å². The van der Waals surface area contributed by atoms with Crippen molar-refractivity contribution < 1.29 is 9.59 Å². The van der Waals surface area contributed by atoms with Crippen molar-refractivity contribution in [3.8, 4) is 5.69 Å². The summed E-state index contributed by atoms with van der Waals surface area (Å²) in [4.78, 5) is 27.4. The average Bonchev–Trinajstić information content (AvgIpc) is 3.37. The van der Waals surface area contributed by atoms with Crippen molar-refractivity contribution in [2.45, 2.75) is 33.1 Å². The summed E-state index contributed by atoms with van der Waals surface area (Å²) in [5.74, 6) is -0.309. The maximum Gasteiger partial charge on any atom is 0.231 e. The van der Waals surface area contributed by atoms with Crippen molar-refractivity contribution in [1.82, 2.24) is 24.9 Å². The third-order valence-corrected chi connectivity index (χ3v) is 6.11. The highest BCUT2D eigenvalue weighted by molar-refractivity contribution is 7.13. The summed E-state index contributed by atoms with van der Waals surface area (Å²) in [5, 5.41) is 15.5. The number of piperidine rings is 1. The van der Waals surface area contributed by atoms with Gasteiger partial charge >= 0.3 is 0 Å². The first-order valence-electron chi connectivity index (χ1n) is 9.98. The van der Waals surface area contributed by atoms with Crippen LogP contribution < -0.4 is 5.32 Å². The van der Waals surface area contributed by atoms with Crippen LogP contribution in [0.15, 0.2) is 35.8 Å². The topological polar surface area (TPSA) is 93.0 Å². The van der Waals surface area contributed by atoms with E-state index in [4.69, 9.17) is 0 Å². The number of likely N-dealkylation sites (tertiary alicyclic amines) is 1. The second kappa shape index (κ2) is 8.74. The predicted octanol–water partition coefficient (Wildman–Crippen LogP) is 2.76. The minimum absolute atomic E-state index is 0.0298. The standard InChI is InChI=1S/C21H24N6O2S/c1-14-18(15(2)27(25-14)17-8-4-3-5-9-17)11-19(28)26-10-6-7-16(12-26)20(29)23-21-24-22-13-30-21/h3-5,8-9,13,16H,6-7,10-12H2,1-2H3,(H,23,24,29)/t16-/m0/s1. The van der Waals surface area contributed by atoms with Crippen LogP contribution in [-0.2, 0) is 16.0 Å². The van der Waals surface area contributed by atoms with Crippen LogP contribution >= 0.6 is 11.3 Å². The number of hydrogen-bond donors (Lipinski definition) is 1. The van der Waals surface area contributed by atoms with Crippen LogP contribution in [0.4, 0.5) is 5.13 Å². The lowest BCUT2D eigenvalue weighted by molar-refractivity contribution is -0.133. The molecule has 0 radical (unpaired) electrons. The zero-order valence-corrected chi connectivity index (χ0v) is 17.9. The Kier molecular flexibility index (Phi) is 5.89. The summed E-state index contributed by atoms with van der Waals surface area (Å²) < 4.78 is 1.88. The number of hydrogen-bond acceptors (Lipinski definition) is 6. The Morgan fingerprint density at radius 2 is 2.03 bits per heavy atom. The summed E-state index contributed by atoms with van der Waals surface area (Å²) >= 11 is 1.28. The van der Waals surface area contributed by atoms with Crippen LogP contribution in [0.5, 0.6) is 0 Å². The highest BCUT2D eigenvalue weighted by atomic mass is 32.1. The predicted molar refractivity (Wildman–Crippen MR) is 115 cm³/mol. The van der Waals surface area contributed by atoms with E-state index in [9.17, 15) is 9.59 Å². The van der Waals surface area contributed by atoms with Gasteiger partial charge in [0.2, 0.25) is 16.9 Å². The molecule has 1 saturated heterocycles. The molecule has 1 N–H and O–H groups in total. The normalized spacial score (nSPS) is 16.5. The highest BCUT2D eigenvalue weighted by Crippen LogP contribution is 2.22. The number of carbonyl (C=O) groups excluding carboxylic acids is 2. The van der Waals surface area contributed by atoms with E-state index in [2.05, 4.69) is 20.6 Å². The molecule has 9 heteroatoms. The second-order valence-electron chi connectivity index (χ2n) is 7.49. The first kappa shape index (κ1) is 20.2. The van der Waals surface area contributed by atoms with Gasteiger partial charge in [0, 0.05) is 24.3 Å². The number of aromatic nitrogens is 4. The number of amides is 2. The van der Waals surface area contributed by atoms with Gasteiger partial charge in [0.05, 0.1) is 23.7 Å². The molecule has 2 aromatic heterocycles. The molecule has 1 aliphatic heterocycles. The quantitative estimate of drug-likeness (QED) is 0.680. The molecule has 1 fully saturated rings. The van der Waals surface area contributed by atoms with Crippen LogP contribution in [-0.4, -0.2) is 49.8 Å². The van der Waals surface area contributed by atoms with Crippen LogP contribution in [0, 0.1) is 19.8 Å². The Morgan fingerprint density at radius 3 is 2.77 bits per heavy atom. The van der Waals surface area contributed by atoms with Crippen molar-refractivity contribution >= 4 is 28.3 Å². The molecule has 0 unspecified atom stereocenters. The molecule has 0 saturated carbocycles. The van der Waals surface area contributed by atoms with E-state index in [1.54, 1.807) is 10.4 Å². The van der Waals surface area contributed by atoms with Gasteiger partial charge in [-0.25, -0.2) is 4.68 Å². The van der Waals surface area contributed by atoms with Gasteiger partial charge in [-0.3, -0.25) is 9.59 Å². The average molecular weight is 425 g/mol. The van der Waals surface area contributed by atoms with Crippen LogP contribution in [0.3, 0.4) is 0 Å². The number of para-hydroxylation sites is 1. The summed E-state index contributed by atoms with van der Waals surface area (Å²) in [6.07, 6.45) is 1.86. The third-order valence-electron chi connectivity index (χ3n) is 5.50. The zero-order chi connectivity index (χ0) is 21.1. The lowest BCUT2D eigenvalue weighted by Gasteiger charge is -2.32. The summed E-state index contributed by atoms with van der Waals surface area (Å²) in [7, 11) is 0. The Morgan fingerprint density at radius 1 is 1.23 bits per heavy atom. The number of rotatable bonds is 5. The van der Waals surface area contributed by atoms with Gasteiger partial charge in [0.15, 0.2) is 0 Å². The molecule has 3 aromatic rings. The molecule has 0 spiro atoms. The Labute approximate surface area is 178 Å². The SMILES string of the molecule is Cc1nn(-c2ccccc2)c(C)c1CC(=O)N1CCC[C@H](C(=O)Nc2nncs2)C1. The molecule has 1 atom stereocenters. The van der Waals surface area contributed by atoms with Gasteiger partial charge in [-0.1, -0.05) is 29.5 Å². The van der Waals surface area contributed by atoms with Gasteiger partial charge in [0.25, 0.3) is 0 Å². The van der Waals surface area contributed by atoms with Crippen molar-refractivity contribution in [2.24, 2.45) is 5.92 Å². The van der Waals surface area contributed by atoms with Crippen LogP contribution in [0.2, 0.25) is 0 Å². The fourth-order valence-corrected chi connectivity index (χ4v) is 4.32. The first-order valence-corrected chi connectivity index (χ1v) is 10.9. The van der Waals surface area contributed by atoms with Gasteiger partial charge < -0.3 is 10.2 Å². The van der Waals surface area contributed by atoms with E-state index < -0.39 is 0 Å². The maximum atomic E-state index is 13.0. The van der Waals surface area contributed by atoms with Crippen LogP contribution in [0.25, 0.3) is 5.69 Å². The van der Waals surface area contributed by atoms with Gasteiger partial charge in [0.1, 0.15) is 5.51 Å². The highest BCUT2D eigenvalue weighted by Gasteiger charge is 2.29. The van der Waals surface area contributed by atoms with Gasteiger partial charge in [-0.15, -0.1) is 10.2 Å². The lowest BCUT2D eigenvalue weighted by atomic mass is 9.96. The molecule has 30 heavy (non-hydrogen) atoms. The van der Waals surface area contributed by atoms with Gasteiger partial charge in [-0.2, -0.15) is 5.10 Å². The van der Waals surface area contributed by atoms with E-state index in [1.165, 1.54) is 11.3 Å². The van der Waals surface area contributed by atoms with E-state index >= 15 is 0 Å². The maximum absolute atomic E-state index is 13.0. The molecule has 1 aromatic carbocycles. The fraction of sp³-hybridized carbons (Fsp3) is 0.381. The van der Waals surface area contributed by atoms with Crippen LogP contribution in [0.1, 0.15) is 29.8 Å². The number of nitrogens with zero attached hydrogens (tertiary/aromatic N) is 5. The number of carbonyl (C=O) groups is 2. The van der Waals surface area contributed by atoms with E-state index in [1.807, 2.05) is 48.9 Å². The molecular weight excluding hydrogens is 400 g/mol. The fourth-order valence-electron chi connectivity index (χ4n) is 3.87.